The van der Waals surface area contributed by atoms with Crippen LogP contribution in [0.4, 0.5) is 17.1 Å². The molecule has 1 aliphatic rings. The first kappa shape index (κ1) is 21.3. The van der Waals surface area contributed by atoms with Gasteiger partial charge in [-0.15, -0.1) is 0 Å². The van der Waals surface area contributed by atoms with Crippen molar-refractivity contribution >= 4 is 56.0 Å². The lowest BCUT2D eigenvalue weighted by Crippen LogP contribution is -2.32. The monoisotopic (exact) mass is 448 g/mol. The fraction of sp³-hybridized carbons (Fsp3) is 0.118. The van der Waals surface area contributed by atoms with Crippen LogP contribution in [0.2, 0.25) is 0 Å². The van der Waals surface area contributed by atoms with Crippen LogP contribution in [0.25, 0.3) is 0 Å². The van der Waals surface area contributed by atoms with E-state index in [1.165, 1.54) is 47.4 Å². The van der Waals surface area contributed by atoms with Crippen molar-refractivity contribution in [2.24, 2.45) is 10.2 Å². The Morgan fingerprint density at radius 3 is 2.50 bits per heavy atom. The maximum absolute atomic E-state index is 12.6. The van der Waals surface area contributed by atoms with Crippen molar-refractivity contribution in [1.82, 2.24) is 5.43 Å². The summed E-state index contributed by atoms with van der Waals surface area (Å²) in [5.74, 6) is -0.416. The summed E-state index contributed by atoms with van der Waals surface area (Å²) in [4.78, 5) is 24.5. The van der Waals surface area contributed by atoms with Crippen LogP contribution in [0.3, 0.4) is 0 Å². The predicted molar refractivity (Wildman–Crippen MR) is 115 cm³/mol. The fourth-order valence-electron chi connectivity index (χ4n) is 2.83. The van der Waals surface area contributed by atoms with Crippen LogP contribution in [-0.4, -0.2) is 36.6 Å². The molecule has 2 aromatic carbocycles. The third-order valence-corrected chi connectivity index (χ3v) is 5.33. The number of carbonyl (C=O) groups is 1. The van der Waals surface area contributed by atoms with Gasteiger partial charge in [-0.25, -0.2) is 13.6 Å². The van der Waals surface area contributed by atoms with E-state index in [4.69, 9.17) is 17.4 Å². The number of non-ortho nitro benzene ring substituents is 1. The van der Waals surface area contributed by atoms with Crippen LogP contribution >= 0.6 is 12.2 Å². The minimum absolute atomic E-state index is 0.00993. The maximum Gasteiger partial charge on any atom is 0.279 e. The van der Waals surface area contributed by atoms with E-state index in [1.54, 1.807) is 6.92 Å². The van der Waals surface area contributed by atoms with E-state index >= 15 is 0 Å². The average molecular weight is 448 g/mol. The molecule has 0 spiro atoms. The molecule has 0 aromatic heterocycles. The molecule has 0 saturated heterocycles. The van der Waals surface area contributed by atoms with Crippen LogP contribution in [0.15, 0.2) is 52.5 Å². The average Bonchev–Trinajstić information content (AvgIpc) is 2.95. The van der Waals surface area contributed by atoms with Gasteiger partial charge in [-0.1, -0.05) is 0 Å². The van der Waals surface area contributed by atoms with Gasteiger partial charge in [-0.2, -0.15) is 5.10 Å². The van der Waals surface area contributed by atoms with Crippen LogP contribution in [0, 0.1) is 10.1 Å². The highest BCUT2D eigenvalue weighted by Crippen LogP contribution is 2.32. The van der Waals surface area contributed by atoms with Crippen molar-refractivity contribution < 1.29 is 18.1 Å². The third kappa shape index (κ3) is 4.27. The summed E-state index contributed by atoms with van der Waals surface area (Å²) in [5, 5.41) is 23.0. The Morgan fingerprint density at radius 1 is 1.27 bits per heavy atom. The van der Waals surface area contributed by atoms with E-state index in [-0.39, 0.29) is 21.4 Å². The number of nitrogens with zero attached hydrogens (tertiary/aromatic N) is 3. The van der Waals surface area contributed by atoms with E-state index in [1.807, 2.05) is 0 Å². The Balaban J connectivity index is 1.80. The molecule has 2 aromatic rings. The quantitative estimate of drug-likeness (QED) is 0.350. The Bertz CT molecular complexity index is 1180. The number of nitrogens with one attached hydrogen (secondary N) is 2. The van der Waals surface area contributed by atoms with E-state index in [0.717, 1.165) is 0 Å². The normalized spacial score (nSPS) is 14.5. The number of nitrogens with two attached hydrogens (primary N) is 1. The minimum Gasteiger partial charge on any atom is -0.331 e. The van der Waals surface area contributed by atoms with Crippen molar-refractivity contribution in [3.05, 3.63) is 58.1 Å². The van der Waals surface area contributed by atoms with E-state index in [0.29, 0.717) is 23.5 Å². The molecule has 0 aliphatic carbocycles. The lowest BCUT2D eigenvalue weighted by molar-refractivity contribution is -0.384. The Hall–Kier alpha value is -3.42. The molecule has 0 bridgehead atoms. The number of primary sulfonamides is 1. The summed E-state index contributed by atoms with van der Waals surface area (Å²) in [6.45, 7) is 2.14. The summed E-state index contributed by atoms with van der Waals surface area (Å²) in [6, 6.07) is 9.63. The molecule has 13 heteroatoms. The van der Waals surface area contributed by atoms with Gasteiger partial charge in [0.25, 0.3) is 11.6 Å². The smallest absolute Gasteiger partial charge is 0.279 e. The molecule has 0 radical (unpaired) electrons. The van der Waals surface area contributed by atoms with Crippen LogP contribution in [0.5, 0.6) is 0 Å². The Morgan fingerprint density at radius 2 is 1.93 bits per heavy atom. The number of hydrogen-bond donors (Lipinski definition) is 3. The van der Waals surface area contributed by atoms with Crippen molar-refractivity contribution in [1.29, 1.82) is 0 Å². The number of rotatable bonds is 5. The zero-order valence-electron chi connectivity index (χ0n) is 15.5. The molecule has 0 atom stereocenters. The predicted octanol–water partition coefficient (Wildman–Crippen LogP) is 1.30. The molecule has 1 amide bonds. The first-order valence-corrected chi connectivity index (χ1v) is 10.5. The van der Waals surface area contributed by atoms with Gasteiger partial charge in [0.05, 0.1) is 15.5 Å². The van der Waals surface area contributed by atoms with Gasteiger partial charge in [-0.3, -0.25) is 20.3 Å². The largest absolute Gasteiger partial charge is 0.331 e. The highest BCUT2D eigenvalue weighted by atomic mass is 32.2. The molecule has 4 N–H and O–H groups in total. The molecule has 1 aliphatic heterocycles. The number of nitro benzene ring substituents is 1. The second kappa shape index (κ2) is 8.14. The van der Waals surface area contributed by atoms with Crippen LogP contribution in [0.1, 0.15) is 12.5 Å². The standard InChI is InChI=1S/C17H16N6O5S2/c1-2-22-14-8-5-11(23(25)26)9-13(14)15(16(22)24)20-21-17(29)19-10-3-6-12(7-4-10)30(18,27)28/h3-9H,2H2,1H3,(H2,18,27,28)(H2,19,21,29). The highest BCUT2D eigenvalue weighted by Gasteiger charge is 2.34. The maximum atomic E-state index is 12.6. The molecular weight excluding hydrogens is 432 g/mol. The van der Waals surface area contributed by atoms with Gasteiger partial charge < -0.3 is 10.2 Å². The van der Waals surface area contributed by atoms with Crippen LogP contribution in [-0.2, 0) is 14.8 Å². The number of anilines is 2. The summed E-state index contributed by atoms with van der Waals surface area (Å²) >= 11 is 5.13. The molecule has 30 heavy (non-hydrogen) atoms. The molecule has 0 fully saturated rings. The first-order chi connectivity index (χ1) is 14.1. The molecule has 0 saturated carbocycles. The highest BCUT2D eigenvalue weighted by molar-refractivity contribution is 7.89. The lowest BCUT2D eigenvalue weighted by Gasteiger charge is -2.13. The molecule has 1 heterocycles. The SMILES string of the molecule is CCN1C(=O)C(=NNC(=S)Nc2ccc(S(N)(=O)=O)cc2)c2cc([N+](=O)[O-])ccc21. The Labute approximate surface area is 176 Å². The Kier molecular flexibility index (Phi) is 5.78. The number of thiocarbonyl (C=S) groups is 1. The molecule has 156 valence electrons. The summed E-state index contributed by atoms with van der Waals surface area (Å²) < 4.78 is 22.6. The number of carbonyl (C=O) groups excluding carboxylic acids is 1. The van der Waals surface area contributed by atoms with Crippen molar-refractivity contribution in [2.75, 3.05) is 16.8 Å². The number of amides is 1. The number of likely N-dealkylation sites (N-methyl/N-ethyl adjacent to an activating group) is 1. The second-order valence-electron chi connectivity index (χ2n) is 6.10. The summed E-state index contributed by atoms with van der Waals surface area (Å²) in [7, 11) is -3.81. The van der Waals surface area contributed by atoms with Gasteiger partial charge in [0.15, 0.2) is 10.8 Å². The number of sulfonamides is 1. The number of hydrazone groups is 1. The van der Waals surface area contributed by atoms with Gasteiger partial charge >= 0.3 is 0 Å². The summed E-state index contributed by atoms with van der Waals surface area (Å²) in [6.07, 6.45) is 0. The van der Waals surface area contributed by atoms with E-state index in [9.17, 15) is 23.3 Å². The number of fused-ring (bicyclic) bond motifs is 1. The third-order valence-electron chi connectivity index (χ3n) is 4.21. The lowest BCUT2D eigenvalue weighted by atomic mass is 10.1. The zero-order chi connectivity index (χ0) is 22.1. The van der Waals surface area contributed by atoms with Gasteiger partial charge in [-0.05, 0) is 49.5 Å². The van der Waals surface area contributed by atoms with Crippen molar-refractivity contribution in [2.45, 2.75) is 11.8 Å². The molecular formula is C17H16N6O5S2. The van der Waals surface area contributed by atoms with E-state index < -0.39 is 20.9 Å². The van der Waals surface area contributed by atoms with Crippen molar-refractivity contribution in [3.8, 4) is 0 Å². The number of benzene rings is 2. The first-order valence-electron chi connectivity index (χ1n) is 8.50. The number of hydrogen-bond acceptors (Lipinski definition) is 7. The molecule has 0 unspecified atom stereocenters. The second-order valence-corrected chi connectivity index (χ2v) is 8.07. The topological polar surface area (TPSA) is 160 Å². The minimum atomic E-state index is -3.81. The van der Waals surface area contributed by atoms with Gasteiger partial charge in [0, 0.05) is 29.9 Å². The fourth-order valence-corrected chi connectivity index (χ4v) is 3.51. The summed E-state index contributed by atoms with van der Waals surface area (Å²) in [5.41, 5.74) is 3.66. The molecule has 11 nitrogen and oxygen atoms in total. The van der Waals surface area contributed by atoms with Gasteiger partial charge in [0.2, 0.25) is 10.0 Å². The van der Waals surface area contributed by atoms with Gasteiger partial charge in [0.1, 0.15) is 0 Å². The number of nitro groups is 1. The van der Waals surface area contributed by atoms with Crippen molar-refractivity contribution in [3.63, 3.8) is 0 Å². The van der Waals surface area contributed by atoms with Crippen LogP contribution < -0.4 is 20.8 Å². The zero-order valence-corrected chi connectivity index (χ0v) is 17.2. The molecule has 3 rings (SSSR count). The van der Waals surface area contributed by atoms with E-state index in [2.05, 4.69) is 15.8 Å².